The molecule has 21 heavy (non-hydrogen) atoms. The molecule has 0 unspecified atom stereocenters. The van der Waals surface area contributed by atoms with Gasteiger partial charge in [-0.2, -0.15) is 0 Å². The number of benzene rings is 1. The molecule has 0 aliphatic heterocycles. The van der Waals surface area contributed by atoms with E-state index in [0.717, 1.165) is 5.75 Å². The highest BCUT2D eigenvalue weighted by molar-refractivity contribution is 8.99. The second-order valence-corrected chi connectivity index (χ2v) is 29.9. The summed E-state index contributed by atoms with van der Waals surface area (Å²) in [4.78, 5) is 0. The Morgan fingerprint density at radius 1 is 0.905 bits per heavy atom. The van der Waals surface area contributed by atoms with Crippen LogP contribution in [0.2, 0.25) is 39.3 Å². The van der Waals surface area contributed by atoms with Crippen LogP contribution in [0, 0.1) is 0 Å². The first-order valence-corrected chi connectivity index (χ1v) is 20.4. The molecular formula is C14H27OPS3Si2. The molecule has 7 heteroatoms. The van der Waals surface area contributed by atoms with Crippen LogP contribution < -0.4 is 4.52 Å². The maximum atomic E-state index is 6.29. The molecule has 0 spiro atoms. The van der Waals surface area contributed by atoms with Crippen LogP contribution in [0.4, 0.5) is 0 Å². The molecule has 1 aromatic carbocycles. The third-order valence-corrected chi connectivity index (χ3v) is 20.0. The fourth-order valence-electron chi connectivity index (χ4n) is 1.25. The van der Waals surface area contributed by atoms with Crippen LogP contribution in [-0.4, -0.2) is 26.9 Å². The summed E-state index contributed by atoms with van der Waals surface area (Å²) in [5.41, 5.74) is 0. The summed E-state index contributed by atoms with van der Waals surface area (Å²) >= 11 is 9.81. The van der Waals surface area contributed by atoms with Crippen LogP contribution >= 0.6 is 27.4 Å². The zero-order valence-electron chi connectivity index (χ0n) is 13.9. The predicted octanol–water partition coefficient (Wildman–Crippen LogP) is 6.51. The number of hydrogen-bond acceptors (Lipinski definition) is 4. The molecule has 0 radical (unpaired) electrons. The average Bonchev–Trinajstić information content (AvgIpc) is 2.34. The zero-order valence-corrected chi connectivity index (χ0v) is 19.2. The van der Waals surface area contributed by atoms with Gasteiger partial charge in [-0.1, -0.05) is 80.2 Å². The monoisotopic (exact) mass is 394 g/mol. The highest BCUT2D eigenvalue weighted by Gasteiger charge is 2.28. The highest BCUT2D eigenvalue weighted by atomic mass is 33.2. The van der Waals surface area contributed by atoms with E-state index in [1.165, 1.54) is 10.8 Å². The lowest BCUT2D eigenvalue weighted by molar-refractivity contribution is 0.637. The molecule has 0 amide bonds. The van der Waals surface area contributed by atoms with Crippen molar-refractivity contribution in [2.24, 2.45) is 0 Å². The Balaban J connectivity index is 2.80. The predicted molar refractivity (Wildman–Crippen MR) is 113 cm³/mol. The normalized spacial score (nSPS) is 13.2. The molecule has 0 aliphatic rings. The zero-order chi connectivity index (χ0) is 16.1. The fourth-order valence-corrected chi connectivity index (χ4v) is 23.7. The van der Waals surface area contributed by atoms with Crippen molar-refractivity contribution >= 4 is 55.4 Å². The van der Waals surface area contributed by atoms with Gasteiger partial charge in [0, 0.05) is 0 Å². The summed E-state index contributed by atoms with van der Waals surface area (Å²) in [5.74, 6) is 0.923. The van der Waals surface area contributed by atoms with Crippen LogP contribution in [0.15, 0.2) is 30.3 Å². The van der Waals surface area contributed by atoms with E-state index in [9.17, 15) is 0 Å². The quantitative estimate of drug-likeness (QED) is 0.367. The van der Waals surface area contributed by atoms with Crippen molar-refractivity contribution in [3.05, 3.63) is 30.3 Å². The molecule has 0 aliphatic carbocycles. The molecule has 0 fully saturated rings. The van der Waals surface area contributed by atoms with Crippen molar-refractivity contribution in [1.82, 2.24) is 0 Å². The van der Waals surface area contributed by atoms with E-state index in [1.807, 2.05) is 53.1 Å². The van der Waals surface area contributed by atoms with Crippen molar-refractivity contribution in [2.75, 3.05) is 10.8 Å². The summed E-state index contributed by atoms with van der Waals surface area (Å²) < 4.78 is 4.39. The van der Waals surface area contributed by atoms with E-state index in [0.29, 0.717) is 0 Å². The van der Waals surface area contributed by atoms with Crippen LogP contribution in [0.25, 0.3) is 0 Å². The summed E-state index contributed by atoms with van der Waals surface area (Å²) in [6.07, 6.45) is 0. The molecule has 0 heterocycles. The maximum absolute atomic E-state index is 6.29. The Hall–Kier alpha value is 0.804. The first-order valence-electron chi connectivity index (χ1n) is 7.13. The van der Waals surface area contributed by atoms with Gasteiger partial charge in [0.05, 0.1) is 16.1 Å². The lowest BCUT2D eigenvalue weighted by atomic mass is 10.3. The van der Waals surface area contributed by atoms with Gasteiger partial charge in [0.1, 0.15) is 5.75 Å². The van der Waals surface area contributed by atoms with E-state index in [-0.39, 0.29) is 0 Å². The molecule has 0 saturated carbocycles. The van der Waals surface area contributed by atoms with Crippen molar-refractivity contribution in [3.8, 4) is 5.75 Å². The van der Waals surface area contributed by atoms with Gasteiger partial charge in [0.2, 0.25) is 4.67 Å². The molecule has 1 aromatic rings. The second kappa shape index (κ2) is 8.07. The molecule has 120 valence electrons. The van der Waals surface area contributed by atoms with Gasteiger partial charge in [-0.05, 0) is 34.7 Å². The van der Waals surface area contributed by atoms with E-state index in [2.05, 4.69) is 39.3 Å². The fraction of sp³-hybridized carbons (Fsp3) is 0.571. The SMILES string of the molecule is C[Si](C)(C)CSP(=S)(Oc1ccccc1)SC[Si](C)(C)C. The van der Waals surface area contributed by atoms with Crippen LogP contribution in [0.3, 0.4) is 0 Å². The van der Waals surface area contributed by atoms with Gasteiger partial charge in [0.15, 0.2) is 0 Å². The Kier molecular flexibility index (Phi) is 7.62. The molecule has 1 nitrogen and oxygen atoms in total. The van der Waals surface area contributed by atoms with Crippen LogP contribution in [-0.2, 0) is 11.8 Å². The minimum atomic E-state index is -1.90. The first kappa shape index (κ1) is 19.8. The average molecular weight is 395 g/mol. The first-order chi connectivity index (χ1) is 9.49. The molecule has 0 saturated heterocycles. The lowest BCUT2D eigenvalue weighted by Gasteiger charge is -2.27. The minimum absolute atomic E-state index is 0.923. The van der Waals surface area contributed by atoms with Gasteiger partial charge < -0.3 is 4.52 Å². The Bertz CT molecular complexity index is 461. The lowest BCUT2D eigenvalue weighted by Crippen LogP contribution is -2.25. The third-order valence-electron chi connectivity index (χ3n) is 2.27. The summed E-state index contributed by atoms with van der Waals surface area (Å²) in [5, 5.41) is 2.35. The number of hydrogen-bond donors (Lipinski definition) is 0. The molecule has 0 N–H and O–H groups in total. The summed E-state index contributed by atoms with van der Waals surface area (Å²) in [6, 6.07) is 10.1. The molecular weight excluding hydrogens is 368 g/mol. The van der Waals surface area contributed by atoms with Crippen LogP contribution in [0.1, 0.15) is 0 Å². The van der Waals surface area contributed by atoms with Crippen molar-refractivity contribution < 1.29 is 4.52 Å². The van der Waals surface area contributed by atoms with Gasteiger partial charge in [-0.15, -0.1) is 0 Å². The maximum Gasteiger partial charge on any atom is 0.221 e. The van der Waals surface area contributed by atoms with E-state index in [1.54, 1.807) is 0 Å². The molecule has 1 rings (SSSR count). The summed E-state index contributed by atoms with van der Waals surface area (Å²) in [7, 11) is -2.23. The summed E-state index contributed by atoms with van der Waals surface area (Å²) in [6.45, 7) is 14.4. The second-order valence-electron chi connectivity index (χ2n) is 7.52. The highest BCUT2D eigenvalue weighted by Crippen LogP contribution is 2.70. The van der Waals surface area contributed by atoms with E-state index < -0.39 is 20.8 Å². The van der Waals surface area contributed by atoms with Gasteiger partial charge in [0.25, 0.3) is 0 Å². The smallest absolute Gasteiger partial charge is 0.221 e. The van der Waals surface area contributed by atoms with Crippen molar-refractivity contribution in [1.29, 1.82) is 0 Å². The van der Waals surface area contributed by atoms with Crippen molar-refractivity contribution in [2.45, 2.75) is 39.3 Å². The van der Waals surface area contributed by atoms with E-state index in [4.69, 9.17) is 16.3 Å². The van der Waals surface area contributed by atoms with Crippen molar-refractivity contribution in [3.63, 3.8) is 0 Å². The topological polar surface area (TPSA) is 9.23 Å². The van der Waals surface area contributed by atoms with Gasteiger partial charge >= 0.3 is 0 Å². The molecule has 0 atom stereocenters. The largest absolute Gasteiger partial charge is 0.448 e. The van der Waals surface area contributed by atoms with Crippen LogP contribution in [0.5, 0.6) is 5.75 Å². The Morgan fingerprint density at radius 2 is 1.33 bits per heavy atom. The van der Waals surface area contributed by atoms with E-state index >= 15 is 0 Å². The van der Waals surface area contributed by atoms with Gasteiger partial charge in [-0.3, -0.25) is 0 Å². The third kappa shape index (κ3) is 9.52. The Morgan fingerprint density at radius 3 is 1.71 bits per heavy atom. The minimum Gasteiger partial charge on any atom is -0.448 e. The standard InChI is InChI=1S/C14H27OPS3Si2/c1-20(2,3)12-18-16(17,19-13-21(4,5)6)15-14-10-8-7-9-11-14/h7-11H,12-13H2,1-6H3. The Labute approximate surface area is 145 Å². The van der Waals surface area contributed by atoms with Gasteiger partial charge in [-0.25, -0.2) is 0 Å². The molecule has 0 aromatic heterocycles. The number of para-hydroxylation sites is 1. The number of rotatable bonds is 8. The molecule has 0 bridgehead atoms.